The molecule has 3 atom stereocenters. The summed E-state index contributed by atoms with van der Waals surface area (Å²) in [6, 6.07) is 4.38. The van der Waals surface area contributed by atoms with Crippen molar-refractivity contribution in [3.63, 3.8) is 0 Å². The van der Waals surface area contributed by atoms with Crippen LogP contribution in [-0.4, -0.2) is 17.3 Å². The molecule has 0 aromatic heterocycles. The highest BCUT2D eigenvalue weighted by Crippen LogP contribution is 2.40. The van der Waals surface area contributed by atoms with Gasteiger partial charge in [0, 0.05) is 17.9 Å². The van der Waals surface area contributed by atoms with Gasteiger partial charge in [0.15, 0.2) is 5.78 Å². The minimum Gasteiger partial charge on any atom is -0.300 e. The van der Waals surface area contributed by atoms with E-state index < -0.39 is 0 Å². The third-order valence-electron chi connectivity index (χ3n) is 10.2. The lowest BCUT2D eigenvalue weighted by atomic mass is 9.71. The molecule has 43 heavy (non-hydrogen) atoms. The van der Waals surface area contributed by atoms with Crippen LogP contribution in [0.2, 0.25) is 0 Å². The van der Waals surface area contributed by atoms with Gasteiger partial charge in [-0.25, -0.2) is 0 Å². The van der Waals surface area contributed by atoms with Crippen molar-refractivity contribution >= 4 is 22.9 Å². The van der Waals surface area contributed by atoms with Gasteiger partial charge >= 0.3 is 0 Å². The SMILES string of the molecule is CCCC(CC1CC(=O)c2c(C)ccc(C3=CC=C(CC4CCCCC4)CC=CC=CC3)c2C1)C(CC)C(=O)CC(C)=O. The zero-order chi connectivity index (χ0) is 30.8. The molecule has 0 aliphatic heterocycles. The van der Waals surface area contributed by atoms with Gasteiger partial charge in [0.1, 0.15) is 11.6 Å². The van der Waals surface area contributed by atoms with E-state index in [4.69, 9.17) is 0 Å². The molecule has 0 heterocycles. The van der Waals surface area contributed by atoms with Gasteiger partial charge < -0.3 is 0 Å². The number of Topliss-reactive ketones (excluding diaryl/α,β-unsaturated/α-hetero) is 3. The molecule has 232 valence electrons. The summed E-state index contributed by atoms with van der Waals surface area (Å²) in [6.07, 6.45) is 28.5. The Morgan fingerprint density at radius 1 is 0.930 bits per heavy atom. The first-order valence-electron chi connectivity index (χ1n) is 17.2. The predicted octanol–water partition coefficient (Wildman–Crippen LogP) is 10.3. The van der Waals surface area contributed by atoms with Crippen molar-refractivity contribution in [2.24, 2.45) is 23.7 Å². The highest BCUT2D eigenvalue weighted by Gasteiger charge is 2.34. The average molecular weight is 583 g/mol. The van der Waals surface area contributed by atoms with Crippen molar-refractivity contribution in [3.05, 3.63) is 76.4 Å². The van der Waals surface area contributed by atoms with Crippen LogP contribution in [-0.2, 0) is 16.0 Å². The molecule has 1 fully saturated rings. The molecule has 3 aliphatic carbocycles. The maximum Gasteiger partial charge on any atom is 0.163 e. The van der Waals surface area contributed by atoms with Gasteiger partial charge in [-0.1, -0.05) is 113 Å². The highest BCUT2D eigenvalue weighted by molar-refractivity contribution is 6.01. The van der Waals surface area contributed by atoms with Gasteiger partial charge in [-0.3, -0.25) is 14.4 Å². The normalized spacial score (nSPS) is 21.0. The maximum atomic E-state index is 13.7. The largest absolute Gasteiger partial charge is 0.300 e. The monoisotopic (exact) mass is 582 g/mol. The first-order valence-corrected chi connectivity index (χ1v) is 17.2. The number of allylic oxidation sites excluding steroid dienone is 8. The molecule has 0 N–H and O–H groups in total. The van der Waals surface area contributed by atoms with E-state index in [0.29, 0.717) is 6.42 Å². The van der Waals surface area contributed by atoms with Gasteiger partial charge in [0.25, 0.3) is 0 Å². The fourth-order valence-corrected chi connectivity index (χ4v) is 8.08. The minimum absolute atomic E-state index is 0.0294. The van der Waals surface area contributed by atoms with Crippen molar-refractivity contribution in [2.75, 3.05) is 0 Å². The van der Waals surface area contributed by atoms with Crippen molar-refractivity contribution in [1.82, 2.24) is 0 Å². The molecule has 3 nitrogen and oxygen atoms in total. The second-order valence-electron chi connectivity index (χ2n) is 13.6. The molecule has 3 unspecified atom stereocenters. The Kier molecular flexibility index (Phi) is 12.6. The molecule has 4 rings (SSSR count). The highest BCUT2D eigenvalue weighted by atomic mass is 16.1. The predicted molar refractivity (Wildman–Crippen MR) is 179 cm³/mol. The van der Waals surface area contributed by atoms with E-state index >= 15 is 0 Å². The summed E-state index contributed by atoms with van der Waals surface area (Å²) in [5, 5.41) is 0. The first-order chi connectivity index (χ1) is 20.8. The average Bonchev–Trinajstić information content (AvgIpc) is 2.97. The molecule has 1 saturated carbocycles. The lowest BCUT2D eigenvalue weighted by Gasteiger charge is -2.33. The molecule has 0 spiro atoms. The minimum atomic E-state index is -0.107. The zero-order valence-corrected chi connectivity index (χ0v) is 27.3. The van der Waals surface area contributed by atoms with Crippen LogP contribution >= 0.6 is 0 Å². The molecule has 0 radical (unpaired) electrons. The smallest absolute Gasteiger partial charge is 0.163 e. The van der Waals surface area contributed by atoms with E-state index in [1.165, 1.54) is 67.7 Å². The number of ketones is 3. The summed E-state index contributed by atoms with van der Waals surface area (Å²) < 4.78 is 0. The quantitative estimate of drug-likeness (QED) is 0.230. The van der Waals surface area contributed by atoms with E-state index in [2.05, 4.69) is 69.4 Å². The molecule has 3 heteroatoms. The van der Waals surface area contributed by atoms with Gasteiger partial charge in [0.2, 0.25) is 0 Å². The van der Waals surface area contributed by atoms with Crippen LogP contribution < -0.4 is 0 Å². The topological polar surface area (TPSA) is 51.2 Å². The van der Waals surface area contributed by atoms with E-state index in [1.807, 2.05) is 0 Å². The maximum absolute atomic E-state index is 13.7. The third kappa shape index (κ3) is 9.10. The molecule has 3 aliphatic rings. The fourth-order valence-electron chi connectivity index (χ4n) is 8.08. The lowest BCUT2D eigenvalue weighted by molar-refractivity contribution is -0.129. The second kappa shape index (κ2) is 16.3. The van der Waals surface area contributed by atoms with Crippen LogP contribution in [0.25, 0.3) is 5.57 Å². The van der Waals surface area contributed by atoms with Crippen LogP contribution in [0.15, 0.2) is 54.2 Å². The lowest BCUT2D eigenvalue weighted by Crippen LogP contribution is -2.30. The van der Waals surface area contributed by atoms with E-state index in [0.717, 1.165) is 62.0 Å². The number of hydrogen-bond acceptors (Lipinski definition) is 3. The van der Waals surface area contributed by atoms with E-state index in [-0.39, 0.29) is 41.5 Å². The summed E-state index contributed by atoms with van der Waals surface area (Å²) >= 11 is 0. The molecular formula is C40H54O3. The van der Waals surface area contributed by atoms with Crippen molar-refractivity contribution in [1.29, 1.82) is 0 Å². The number of rotatable bonds is 12. The molecule has 1 aromatic rings. The number of carbonyl (C=O) groups is 3. The van der Waals surface area contributed by atoms with Crippen LogP contribution in [0.1, 0.15) is 138 Å². The molecule has 1 aromatic carbocycles. The molecule has 0 bridgehead atoms. The number of aryl methyl sites for hydroxylation is 1. The van der Waals surface area contributed by atoms with Crippen LogP contribution in [0.5, 0.6) is 0 Å². The van der Waals surface area contributed by atoms with Crippen LogP contribution in [0.4, 0.5) is 0 Å². The number of carbonyl (C=O) groups excluding carboxylic acids is 3. The molecular weight excluding hydrogens is 528 g/mol. The van der Waals surface area contributed by atoms with Gasteiger partial charge in [0.05, 0.1) is 6.42 Å². The molecule has 0 saturated heterocycles. The van der Waals surface area contributed by atoms with Crippen molar-refractivity contribution in [2.45, 2.75) is 124 Å². The summed E-state index contributed by atoms with van der Waals surface area (Å²) in [5.74, 6) is 1.39. The van der Waals surface area contributed by atoms with Crippen molar-refractivity contribution < 1.29 is 14.4 Å². The fraction of sp³-hybridized carbons (Fsp3) is 0.575. The third-order valence-corrected chi connectivity index (χ3v) is 10.2. The Labute approximate surface area is 261 Å². The molecule has 0 amide bonds. The zero-order valence-electron chi connectivity index (χ0n) is 27.3. The second-order valence-corrected chi connectivity index (χ2v) is 13.6. The summed E-state index contributed by atoms with van der Waals surface area (Å²) in [6.45, 7) is 7.82. The standard InChI is InChI=1S/C40H54O3/c1-5-14-34(35(6-2)38(42)23-29(4)41)25-32-26-37-36(22-19-28(3)40(37)39(43)27-32)33-18-13-8-7-10-17-31(20-21-33)24-30-15-11-9-12-16-30/h7-8,10,13,19-22,30,32,34-35H,5-6,9,11-12,14-18,23-27H2,1-4H3. The number of benzene rings is 1. The van der Waals surface area contributed by atoms with Crippen LogP contribution in [0, 0.1) is 30.6 Å². The summed E-state index contributed by atoms with van der Waals surface area (Å²) in [4.78, 5) is 38.6. The van der Waals surface area contributed by atoms with Gasteiger partial charge in [-0.15, -0.1) is 0 Å². The van der Waals surface area contributed by atoms with Crippen molar-refractivity contribution in [3.8, 4) is 0 Å². The Bertz CT molecular complexity index is 1270. The van der Waals surface area contributed by atoms with E-state index in [1.54, 1.807) is 0 Å². The Morgan fingerprint density at radius 3 is 2.37 bits per heavy atom. The van der Waals surface area contributed by atoms with Gasteiger partial charge in [-0.05, 0) is 92.4 Å². The Balaban J connectivity index is 1.64. The Hall–Kier alpha value is -2.81. The number of fused-ring (bicyclic) bond motifs is 1. The number of hydrogen-bond donors (Lipinski definition) is 0. The Morgan fingerprint density at radius 2 is 1.67 bits per heavy atom. The van der Waals surface area contributed by atoms with Gasteiger partial charge in [-0.2, -0.15) is 0 Å². The van der Waals surface area contributed by atoms with Crippen LogP contribution in [0.3, 0.4) is 0 Å². The first kappa shape index (κ1) is 33.1. The van der Waals surface area contributed by atoms with E-state index in [9.17, 15) is 14.4 Å². The summed E-state index contributed by atoms with van der Waals surface area (Å²) in [7, 11) is 0. The summed E-state index contributed by atoms with van der Waals surface area (Å²) in [5.41, 5.74) is 7.21.